The van der Waals surface area contributed by atoms with Gasteiger partial charge < -0.3 is 10.6 Å². The first kappa shape index (κ1) is 12.9. The van der Waals surface area contributed by atoms with Gasteiger partial charge in [0.1, 0.15) is 0 Å². The van der Waals surface area contributed by atoms with Gasteiger partial charge in [-0.1, -0.05) is 27.7 Å². The molecule has 1 saturated carbocycles. The van der Waals surface area contributed by atoms with Gasteiger partial charge in [0, 0.05) is 12.6 Å². The molecular weight excluding hydrogens is 212 g/mol. The van der Waals surface area contributed by atoms with E-state index in [4.69, 9.17) is 0 Å². The van der Waals surface area contributed by atoms with Crippen molar-refractivity contribution in [1.29, 1.82) is 0 Å². The zero-order chi connectivity index (χ0) is 12.8. The lowest BCUT2D eigenvalue weighted by molar-refractivity contribution is -0.125. The van der Waals surface area contributed by atoms with Crippen molar-refractivity contribution >= 4 is 5.91 Å². The molecule has 2 fully saturated rings. The highest BCUT2D eigenvalue weighted by Gasteiger charge is 2.64. The first-order valence-electron chi connectivity index (χ1n) is 6.79. The van der Waals surface area contributed by atoms with Crippen LogP contribution >= 0.6 is 0 Å². The van der Waals surface area contributed by atoms with Crippen LogP contribution in [0.25, 0.3) is 0 Å². The molecule has 98 valence electrons. The number of nitrogens with one attached hydrogen (secondary N) is 2. The molecule has 0 bridgehead atoms. The van der Waals surface area contributed by atoms with E-state index in [1.807, 2.05) is 0 Å². The molecule has 1 amide bonds. The summed E-state index contributed by atoms with van der Waals surface area (Å²) in [6, 6.07) is 0.329. The van der Waals surface area contributed by atoms with Gasteiger partial charge in [-0.15, -0.1) is 0 Å². The average molecular weight is 238 g/mol. The number of hydrogen-bond acceptors (Lipinski definition) is 2. The summed E-state index contributed by atoms with van der Waals surface area (Å²) < 4.78 is 0. The van der Waals surface area contributed by atoms with Crippen molar-refractivity contribution in [3.8, 4) is 0 Å². The van der Waals surface area contributed by atoms with Gasteiger partial charge in [-0.2, -0.15) is 0 Å². The Morgan fingerprint density at radius 2 is 1.88 bits per heavy atom. The molecule has 1 aliphatic carbocycles. The van der Waals surface area contributed by atoms with Crippen molar-refractivity contribution in [2.24, 2.45) is 22.7 Å². The molecule has 2 aliphatic rings. The van der Waals surface area contributed by atoms with Crippen molar-refractivity contribution in [3.63, 3.8) is 0 Å². The Morgan fingerprint density at radius 1 is 1.29 bits per heavy atom. The first-order valence-corrected chi connectivity index (χ1v) is 6.79. The Balaban J connectivity index is 1.82. The fourth-order valence-electron chi connectivity index (χ4n) is 3.39. The van der Waals surface area contributed by atoms with Gasteiger partial charge in [0.2, 0.25) is 5.91 Å². The summed E-state index contributed by atoms with van der Waals surface area (Å²) in [4.78, 5) is 12.1. The quantitative estimate of drug-likeness (QED) is 0.787. The third-order valence-corrected chi connectivity index (χ3v) is 5.66. The average Bonchev–Trinajstić information content (AvgIpc) is 2.55. The van der Waals surface area contributed by atoms with E-state index in [9.17, 15) is 4.79 Å². The van der Waals surface area contributed by atoms with Crippen LogP contribution in [0.15, 0.2) is 0 Å². The van der Waals surface area contributed by atoms with Crippen molar-refractivity contribution in [1.82, 2.24) is 10.6 Å². The Hall–Kier alpha value is -0.570. The highest BCUT2D eigenvalue weighted by molar-refractivity contribution is 5.79. The Kier molecular flexibility index (Phi) is 3.01. The van der Waals surface area contributed by atoms with Crippen LogP contribution in [0.2, 0.25) is 0 Å². The molecule has 2 rings (SSSR count). The lowest BCUT2D eigenvalue weighted by Crippen LogP contribution is -2.38. The molecule has 17 heavy (non-hydrogen) atoms. The van der Waals surface area contributed by atoms with E-state index in [1.54, 1.807) is 0 Å². The van der Waals surface area contributed by atoms with E-state index in [-0.39, 0.29) is 11.8 Å². The zero-order valence-corrected chi connectivity index (χ0v) is 11.8. The summed E-state index contributed by atoms with van der Waals surface area (Å²) in [5, 5.41) is 6.47. The van der Waals surface area contributed by atoms with Gasteiger partial charge in [0.15, 0.2) is 0 Å². The summed E-state index contributed by atoms with van der Waals surface area (Å²) in [7, 11) is 0. The van der Waals surface area contributed by atoms with Crippen LogP contribution in [0.3, 0.4) is 0 Å². The fourth-order valence-corrected chi connectivity index (χ4v) is 3.39. The van der Waals surface area contributed by atoms with Gasteiger partial charge in [0.25, 0.3) is 0 Å². The molecule has 0 radical (unpaired) electrons. The predicted octanol–water partition coefficient (Wildman–Crippen LogP) is 1.78. The van der Waals surface area contributed by atoms with E-state index >= 15 is 0 Å². The maximum atomic E-state index is 12.1. The van der Waals surface area contributed by atoms with E-state index in [2.05, 4.69) is 45.3 Å². The zero-order valence-electron chi connectivity index (χ0n) is 11.8. The van der Waals surface area contributed by atoms with Crippen LogP contribution < -0.4 is 10.6 Å². The molecule has 0 aromatic heterocycles. The summed E-state index contributed by atoms with van der Waals surface area (Å²) in [5.41, 5.74) is 0.722. The summed E-state index contributed by atoms with van der Waals surface area (Å²) in [5.74, 6) is 1.02. The highest BCUT2D eigenvalue weighted by atomic mass is 16.1. The maximum Gasteiger partial charge on any atom is 0.224 e. The predicted molar refractivity (Wildman–Crippen MR) is 69.6 cm³/mol. The van der Waals surface area contributed by atoms with E-state index < -0.39 is 0 Å². The monoisotopic (exact) mass is 238 g/mol. The van der Waals surface area contributed by atoms with Crippen LogP contribution in [0, 0.1) is 22.7 Å². The molecule has 0 aromatic rings. The lowest BCUT2D eigenvalue weighted by atomic mass is 10.0. The standard InChI is InChI=1S/C14H26N2O/c1-9-10(6-7-15-9)12(17)16-8-11-13(2,3)14(11,4)5/h9-11,15H,6-8H2,1-5H3,(H,16,17). The summed E-state index contributed by atoms with van der Waals surface area (Å²) >= 11 is 0. The minimum Gasteiger partial charge on any atom is -0.355 e. The van der Waals surface area contributed by atoms with Gasteiger partial charge in [0.05, 0.1) is 5.92 Å². The maximum absolute atomic E-state index is 12.1. The van der Waals surface area contributed by atoms with E-state index in [1.165, 1.54) is 0 Å². The second kappa shape index (κ2) is 3.98. The second-order valence-electron chi connectivity index (χ2n) is 6.88. The van der Waals surface area contributed by atoms with Gasteiger partial charge in [-0.05, 0) is 36.6 Å². The Labute approximate surface area is 105 Å². The van der Waals surface area contributed by atoms with E-state index in [0.29, 0.717) is 22.8 Å². The minimum absolute atomic E-state index is 0.167. The molecule has 1 heterocycles. The van der Waals surface area contributed by atoms with Gasteiger partial charge in [-0.25, -0.2) is 0 Å². The number of carbonyl (C=O) groups excluding carboxylic acids is 1. The van der Waals surface area contributed by atoms with Crippen molar-refractivity contribution < 1.29 is 4.79 Å². The fraction of sp³-hybridized carbons (Fsp3) is 0.929. The van der Waals surface area contributed by atoms with Crippen molar-refractivity contribution in [3.05, 3.63) is 0 Å². The lowest BCUT2D eigenvalue weighted by Gasteiger charge is -2.15. The van der Waals surface area contributed by atoms with Crippen LogP contribution in [0.5, 0.6) is 0 Å². The molecule has 3 heteroatoms. The number of amides is 1. The number of hydrogen-bond donors (Lipinski definition) is 2. The molecule has 2 N–H and O–H groups in total. The third-order valence-electron chi connectivity index (χ3n) is 5.66. The van der Waals surface area contributed by atoms with E-state index in [0.717, 1.165) is 19.5 Å². The second-order valence-corrected chi connectivity index (χ2v) is 6.88. The summed E-state index contributed by atoms with van der Waals surface area (Å²) in [6.07, 6.45) is 0.977. The largest absolute Gasteiger partial charge is 0.355 e. The topological polar surface area (TPSA) is 41.1 Å². The molecular formula is C14H26N2O. The van der Waals surface area contributed by atoms with Crippen LogP contribution in [0.4, 0.5) is 0 Å². The Bertz CT molecular complexity index is 308. The van der Waals surface area contributed by atoms with Crippen molar-refractivity contribution in [2.75, 3.05) is 13.1 Å². The number of carbonyl (C=O) groups is 1. The minimum atomic E-state index is 0.167. The molecule has 2 atom stereocenters. The molecule has 0 aromatic carbocycles. The SMILES string of the molecule is CC1NCCC1C(=O)NCC1C(C)(C)C1(C)C. The van der Waals surface area contributed by atoms with Crippen molar-refractivity contribution in [2.45, 2.75) is 47.1 Å². The molecule has 1 saturated heterocycles. The van der Waals surface area contributed by atoms with Gasteiger partial charge in [-0.3, -0.25) is 4.79 Å². The Morgan fingerprint density at radius 3 is 2.29 bits per heavy atom. The normalized spacial score (nSPS) is 34.6. The first-order chi connectivity index (χ1) is 7.78. The van der Waals surface area contributed by atoms with Crippen LogP contribution in [-0.4, -0.2) is 25.0 Å². The third kappa shape index (κ3) is 1.99. The number of rotatable bonds is 3. The molecule has 0 spiro atoms. The molecule has 1 aliphatic heterocycles. The summed E-state index contributed by atoms with van der Waals surface area (Å²) in [6.45, 7) is 13.1. The molecule has 3 nitrogen and oxygen atoms in total. The van der Waals surface area contributed by atoms with Crippen LogP contribution in [0.1, 0.15) is 41.0 Å². The highest BCUT2D eigenvalue weighted by Crippen LogP contribution is 2.67. The molecule has 2 unspecified atom stereocenters. The smallest absolute Gasteiger partial charge is 0.224 e. The van der Waals surface area contributed by atoms with Crippen LogP contribution in [-0.2, 0) is 4.79 Å². The van der Waals surface area contributed by atoms with Gasteiger partial charge >= 0.3 is 0 Å².